The topological polar surface area (TPSA) is 68.2 Å². The van der Waals surface area contributed by atoms with E-state index in [4.69, 9.17) is 0 Å². The fourth-order valence-corrected chi connectivity index (χ4v) is 5.51. The molecule has 0 aliphatic heterocycles. The molecule has 0 saturated carbocycles. The van der Waals surface area contributed by atoms with Gasteiger partial charge in [-0.25, -0.2) is 13.1 Å². The van der Waals surface area contributed by atoms with E-state index in [9.17, 15) is 13.2 Å². The number of aryl methyl sites for hydroxylation is 3. The fraction of sp³-hybridized carbons (Fsp3) is 0.316. The molecule has 0 radical (unpaired) electrons. The number of rotatable bonds is 5. The van der Waals surface area contributed by atoms with Crippen LogP contribution in [0, 0.1) is 13.8 Å². The molecule has 0 saturated heterocycles. The molecule has 0 fully saturated rings. The van der Waals surface area contributed by atoms with Crippen LogP contribution in [0.15, 0.2) is 46.1 Å². The molecule has 138 valence electrons. The number of benzene rings is 2. The Morgan fingerprint density at radius 3 is 2.54 bits per heavy atom. The molecule has 1 N–H and O–H groups in total. The van der Waals surface area contributed by atoms with Gasteiger partial charge in [-0.05, 0) is 57.0 Å². The minimum atomic E-state index is -3.69. The molecule has 0 unspecified atom stereocenters. The normalized spacial score (nSPS) is 13.2. The summed E-state index contributed by atoms with van der Waals surface area (Å²) >= 11 is 1.07. The zero-order valence-electron chi connectivity index (χ0n) is 15.2. The fourth-order valence-electron chi connectivity index (χ4n) is 3.19. The molecule has 5 nitrogen and oxygen atoms in total. The van der Waals surface area contributed by atoms with E-state index >= 15 is 0 Å². The number of nitrogens with zero attached hydrogens (tertiary/aromatic N) is 1. The first kappa shape index (κ1) is 18.8. The summed E-state index contributed by atoms with van der Waals surface area (Å²) in [6.45, 7) is 8.27. The number of hydrogen-bond acceptors (Lipinski definition) is 4. The summed E-state index contributed by atoms with van der Waals surface area (Å²) in [4.78, 5) is 12.1. The van der Waals surface area contributed by atoms with E-state index in [0.717, 1.165) is 33.5 Å². The van der Waals surface area contributed by atoms with Gasteiger partial charge >= 0.3 is 4.87 Å². The van der Waals surface area contributed by atoms with Crippen molar-refractivity contribution in [1.29, 1.82) is 0 Å². The Morgan fingerprint density at radius 1 is 1.15 bits per heavy atom. The smallest absolute Gasteiger partial charge is 0.299 e. The van der Waals surface area contributed by atoms with E-state index in [1.807, 2.05) is 45.9 Å². The van der Waals surface area contributed by atoms with E-state index in [1.54, 1.807) is 22.8 Å². The monoisotopic (exact) mass is 390 g/mol. The number of thiazole rings is 1. The zero-order chi connectivity index (χ0) is 19.1. The lowest BCUT2D eigenvalue weighted by molar-refractivity contribution is 0.566. The minimum Gasteiger partial charge on any atom is -0.299 e. The molecule has 26 heavy (non-hydrogen) atoms. The quantitative estimate of drug-likeness (QED) is 0.722. The maximum atomic E-state index is 12.8. The predicted octanol–water partition coefficient (Wildman–Crippen LogP) is 3.74. The molecule has 1 heterocycles. The molecular weight excluding hydrogens is 368 g/mol. The number of nitrogens with one attached hydrogen (secondary N) is 1. The van der Waals surface area contributed by atoms with Gasteiger partial charge in [0, 0.05) is 12.6 Å². The first-order chi connectivity index (χ1) is 12.2. The largest absolute Gasteiger partial charge is 0.308 e. The van der Waals surface area contributed by atoms with E-state index < -0.39 is 10.0 Å². The van der Waals surface area contributed by atoms with Gasteiger partial charge < -0.3 is 0 Å². The maximum Gasteiger partial charge on any atom is 0.308 e. The van der Waals surface area contributed by atoms with Crippen molar-refractivity contribution in [3.8, 4) is 0 Å². The number of fused-ring (bicyclic) bond motifs is 1. The van der Waals surface area contributed by atoms with Gasteiger partial charge in [0.1, 0.15) is 0 Å². The van der Waals surface area contributed by atoms with Gasteiger partial charge in [0.15, 0.2) is 0 Å². The second-order valence-corrected chi connectivity index (χ2v) is 9.15. The van der Waals surface area contributed by atoms with Crippen molar-refractivity contribution in [2.75, 3.05) is 0 Å². The molecule has 3 aromatic rings. The Hall–Kier alpha value is -1.96. The van der Waals surface area contributed by atoms with Crippen molar-refractivity contribution < 1.29 is 8.42 Å². The molecule has 0 aliphatic rings. The van der Waals surface area contributed by atoms with Gasteiger partial charge in [-0.1, -0.05) is 35.1 Å². The molecule has 0 aliphatic carbocycles. The summed E-state index contributed by atoms with van der Waals surface area (Å²) < 4.78 is 30.7. The Balaban J connectivity index is 1.95. The van der Waals surface area contributed by atoms with Gasteiger partial charge in [-0.2, -0.15) is 0 Å². The Bertz CT molecular complexity index is 1130. The lowest BCUT2D eigenvalue weighted by Crippen LogP contribution is -2.27. The third kappa shape index (κ3) is 3.47. The van der Waals surface area contributed by atoms with Crippen LogP contribution in [0.4, 0.5) is 0 Å². The average Bonchev–Trinajstić information content (AvgIpc) is 2.88. The molecule has 1 aromatic heterocycles. The van der Waals surface area contributed by atoms with Gasteiger partial charge in [0.25, 0.3) is 0 Å². The molecule has 2 aromatic carbocycles. The number of sulfonamides is 1. The van der Waals surface area contributed by atoms with E-state index in [1.165, 1.54) is 0 Å². The molecule has 0 spiro atoms. The molecular formula is C19H22N2O3S2. The SMILES string of the molecule is CCn1c(=O)sc2cc(S(=O)(=O)N[C@@H](C)c3ccc(C)cc3C)ccc21. The highest BCUT2D eigenvalue weighted by Crippen LogP contribution is 2.24. The average molecular weight is 391 g/mol. The molecule has 1 atom stereocenters. The summed E-state index contributed by atoms with van der Waals surface area (Å²) in [5.41, 5.74) is 3.90. The van der Waals surface area contributed by atoms with Crippen LogP contribution >= 0.6 is 11.3 Å². The lowest BCUT2D eigenvalue weighted by atomic mass is 10.0. The van der Waals surface area contributed by atoms with Crippen LogP contribution in [-0.4, -0.2) is 13.0 Å². The van der Waals surface area contributed by atoms with Crippen molar-refractivity contribution in [1.82, 2.24) is 9.29 Å². The van der Waals surface area contributed by atoms with Crippen molar-refractivity contribution in [2.24, 2.45) is 0 Å². The van der Waals surface area contributed by atoms with Crippen molar-refractivity contribution in [3.05, 3.63) is 62.8 Å². The van der Waals surface area contributed by atoms with Crippen LogP contribution in [0.2, 0.25) is 0 Å². The first-order valence-corrected chi connectivity index (χ1v) is 10.8. The van der Waals surface area contributed by atoms with E-state index in [0.29, 0.717) is 11.2 Å². The van der Waals surface area contributed by atoms with Crippen LogP contribution in [0.1, 0.15) is 36.6 Å². The molecule has 0 bridgehead atoms. The third-order valence-electron chi connectivity index (χ3n) is 4.49. The Morgan fingerprint density at radius 2 is 1.88 bits per heavy atom. The zero-order valence-corrected chi connectivity index (χ0v) is 16.9. The number of aromatic nitrogens is 1. The van der Waals surface area contributed by atoms with Gasteiger partial charge in [-0.15, -0.1) is 0 Å². The Kier molecular flexibility index (Phi) is 5.05. The number of hydrogen-bond donors (Lipinski definition) is 1. The second-order valence-electron chi connectivity index (χ2n) is 6.44. The summed E-state index contributed by atoms with van der Waals surface area (Å²) in [6, 6.07) is 10.4. The lowest BCUT2D eigenvalue weighted by Gasteiger charge is -2.17. The predicted molar refractivity (Wildman–Crippen MR) is 106 cm³/mol. The van der Waals surface area contributed by atoms with Crippen LogP contribution in [-0.2, 0) is 16.6 Å². The second kappa shape index (κ2) is 6.98. The van der Waals surface area contributed by atoms with Gasteiger partial charge in [0.2, 0.25) is 10.0 Å². The Labute approximate surface area is 157 Å². The summed E-state index contributed by atoms with van der Waals surface area (Å²) in [7, 11) is -3.69. The summed E-state index contributed by atoms with van der Waals surface area (Å²) in [5.74, 6) is 0. The van der Waals surface area contributed by atoms with Crippen LogP contribution in [0.3, 0.4) is 0 Å². The van der Waals surface area contributed by atoms with E-state index in [-0.39, 0.29) is 15.8 Å². The van der Waals surface area contributed by atoms with Crippen molar-refractivity contribution >= 4 is 31.6 Å². The molecule has 3 rings (SSSR count). The molecule has 0 amide bonds. The van der Waals surface area contributed by atoms with Crippen LogP contribution in [0.25, 0.3) is 10.2 Å². The maximum absolute atomic E-state index is 12.8. The summed E-state index contributed by atoms with van der Waals surface area (Å²) in [6.07, 6.45) is 0. The van der Waals surface area contributed by atoms with Gasteiger partial charge in [-0.3, -0.25) is 9.36 Å². The third-order valence-corrected chi connectivity index (χ3v) is 6.97. The first-order valence-electron chi connectivity index (χ1n) is 8.46. The van der Waals surface area contributed by atoms with Gasteiger partial charge in [0.05, 0.1) is 15.1 Å². The summed E-state index contributed by atoms with van der Waals surface area (Å²) in [5, 5.41) is 0. The highest BCUT2D eigenvalue weighted by molar-refractivity contribution is 7.89. The van der Waals surface area contributed by atoms with Crippen LogP contribution in [0.5, 0.6) is 0 Å². The highest BCUT2D eigenvalue weighted by Gasteiger charge is 2.20. The molecule has 7 heteroatoms. The van der Waals surface area contributed by atoms with Crippen molar-refractivity contribution in [3.63, 3.8) is 0 Å². The van der Waals surface area contributed by atoms with Crippen molar-refractivity contribution in [2.45, 2.75) is 45.2 Å². The van der Waals surface area contributed by atoms with Crippen LogP contribution < -0.4 is 9.60 Å². The minimum absolute atomic E-state index is 0.0753. The van der Waals surface area contributed by atoms with E-state index in [2.05, 4.69) is 4.72 Å². The standard InChI is InChI=1S/C19H22N2O3S2/c1-5-21-17-9-7-15(11-18(17)25-19(21)22)26(23,24)20-14(4)16-8-6-12(2)10-13(16)3/h6-11,14,20H,5H2,1-4H3/t14-/m0/s1. The highest BCUT2D eigenvalue weighted by atomic mass is 32.2.